The van der Waals surface area contributed by atoms with Gasteiger partial charge in [-0.1, -0.05) is 13.0 Å². The molecule has 0 bridgehead atoms. The van der Waals surface area contributed by atoms with Crippen molar-refractivity contribution in [1.82, 2.24) is 10.3 Å². The first kappa shape index (κ1) is 14.5. The highest BCUT2D eigenvalue weighted by Crippen LogP contribution is 2.28. The molecule has 0 aliphatic carbocycles. The quantitative estimate of drug-likeness (QED) is 0.885. The number of hydrogen-bond donors (Lipinski definition) is 1. The van der Waals surface area contributed by atoms with Crippen molar-refractivity contribution in [3.63, 3.8) is 0 Å². The monoisotopic (exact) mass is 262 g/mol. The smallest absolute Gasteiger partial charge is 0.0468 e. The van der Waals surface area contributed by atoms with Gasteiger partial charge in [-0.25, -0.2) is 0 Å². The maximum atomic E-state index is 5.45. The summed E-state index contributed by atoms with van der Waals surface area (Å²) in [4.78, 5) is 4.61. The maximum Gasteiger partial charge on any atom is 0.0468 e. The summed E-state index contributed by atoms with van der Waals surface area (Å²) < 4.78 is 5.45. The Labute approximate surface area is 116 Å². The third kappa shape index (κ3) is 4.02. The minimum atomic E-state index is 0.432. The number of aryl methyl sites for hydroxylation is 2. The molecule has 0 aromatic carbocycles. The molecule has 0 saturated carbocycles. The number of nitrogens with one attached hydrogen (secondary N) is 1. The lowest BCUT2D eigenvalue weighted by molar-refractivity contribution is 0.0605. The molecule has 0 spiro atoms. The van der Waals surface area contributed by atoms with Crippen molar-refractivity contribution in [3.8, 4) is 0 Å². The molecule has 1 aliphatic heterocycles. The lowest BCUT2D eigenvalue weighted by atomic mass is 9.89. The predicted octanol–water partition coefficient (Wildman–Crippen LogP) is 3.17. The molecule has 1 aromatic heterocycles. The van der Waals surface area contributed by atoms with Crippen LogP contribution >= 0.6 is 0 Å². The van der Waals surface area contributed by atoms with Gasteiger partial charge in [0.1, 0.15) is 0 Å². The number of rotatable bonds is 5. The lowest BCUT2D eigenvalue weighted by Gasteiger charge is -2.28. The lowest BCUT2D eigenvalue weighted by Crippen LogP contribution is -2.27. The fourth-order valence-electron chi connectivity index (χ4n) is 2.95. The van der Waals surface area contributed by atoms with Gasteiger partial charge >= 0.3 is 0 Å². The predicted molar refractivity (Wildman–Crippen MR) is 78.3 cm³/mol. The number of nitrogens with zero attached hydrogens (tertiary/aromatic N) is 1. The van der Waals surface area contributed by atoms with Crippen LogP contribution in [-0.2, 0) is 4.74 Å². The van der Waals surface area contributed by atoms with Gasteiger partial charge in [0.15, 0.2) is 0 Å². The standard InChI is InChI=1S/C16H26N2O/c1-4-17-16(11-14-7-9-19-10-8-14)15-6-5-12(2)18-13(15)3/h5-6,14,16-17H,4,7-11H2,1-3H3. The molecular formula is C16H26N2O. The minimum Gasteiger partial charge on any atom is -0.381 e. The van der Waals surface area contributed by atoms with Crippen LogP contribution in [-0.4, -0.2) is 24.7 Å². The first-order valence-corrected chi connectivity index (χ1v) is 7.46. The summed E-state index contributed by atoms with van der Waals surface area (Å²) in [7, 11) is 0. The van der Waals surface area contributed by atoms with Crippen molar-refractivity contribution in [3.05, 3.63) is 29.1 Å². The highest BCUT2D eigenvalue weighted by molar-refractivity contribution is 5.25. The zero-order chi connectivity index (χ0) is 13.7. The second-order valence-corrected chi connectivity index (χ2v) is 5.53. The van der Waals surface area contributed by atoms with E-state index in [1.807, 2.05) is 0 Å². The zero-order valence-electron chi connectivity index (χ0n) is 12.4. The SMILES string of the molecule is CCNC(CC1CCOCC1)c1ccc(C)nc1C. The molecule has 2 rings (SSSR count). The van der Waals surface area contributed by atoms with Crippen molar-refractivity contribution >= 4 is 0 Å². The molecule has 1 atom stereocenters. The van der Waals surface area contributed by atoms with Crippen LogP contribution in [0.4, 0.5) is 0 Å². The number of aromatic nitrogens is 1. The fourth-order valence-corrected chi connectivity index (χ4v) is 2.95. The Hall–Kier alpha value is -0.930. The van der Waals surface area contributed by atoms with Crippen LogP contribution in [0.2, 0.25) is 0 Å². The molecule has 1 saturated heterocycles. The van der Waals surface area contributed by atoms with Gasteiger partial charge in [-0.05, 0) is 57.2 Å². The average molecular weight is 262 g/mol. The van der Waals surface area contributed by atoms with Gasteiger partial charge < -0.3 is 10.1 Å². The Morgan fingerprint density at radius 2 is 2.05 bits per heavy atom. The molecule has 3 nitrogen and oxygen atoms in total. The van der Waals surface area contributed by atoms with Crippen LogP contribution in [0.1, 0.15) is 49.2 Å². The minimum absolute atomic E-state index is 0.432. The number of pyridine rings is 1. The molecule has 1 N–H and O–H groups in total. The molecule has 1 aliphatic rings. The van der Waals surface area contributed by atoms with E-state index >= 15 is 0 Å². The molecule has 1 unspecified atom stereocenters. The van der Waals surface area contributed by atoms with Gasteiger partial charge in [0, 0.05) is 30.6 Å². The van der Waals surface area contributed by atoms with Crippen molar-refractivity contribution in [2.45, 2.75) is 46.1 Å². The largest absolute Gasteiger partial charge is 0.381 e. The van der Waals surface area contributed by atoms with Crippen LogP contribution < -0.4 is 5.32 Å². The Balaban J connectivity index is 2.09. The van der Waals surface area contributed by atoms with Crippen LogP contribution in [0.3, 0.4) is 0 Å². The summed E-state index contributed by atoms with van der Waals surface area (Å²) >= 11 is 0. The van der Waals surface area contributed by atoms with Crippen LogP contribution in [0, 0.1) is 19.8 Å². The van der Waals surface area contributed by atoms with E-state index in [0.29, 0.717) is 6.04 Å². The third-order valence-corrected chi connectivity index (χ3v) is 4.00. The van der Waals surface area contributed by atoms with E-state index in [4.69, 9.17) is 4.74 Å². The summed E-state index contributed by atoms with van der Waals surface area (Å²) in [6.07, 6.45) is 3.59. The van der Waals surface area contributed by atoms with Crippen LogP contribution in [0.15, 0.2) is 12.1 Å². The molecule has 0 amide bonds. The van der Waals surface area contributed by atoms with E-state index in [1.165, 1.54) is 24.8 Å². The van der Waals surface area contributed by atoms with E-state index in [9.17, 15) is 0 Å². The van der Waals surface area contributed by atoms with Gasteiger partial charge in [-0.3, -0.25) is 4.98 Å². The summed E-state index contributed by atoms with van der Waals surface area (Å²) in [5.74, 6) is 0.776. The van der Waals surface area contributed by atoms with Gasteiger partial charge in [0.25, 0.3) is 0 Å². The van der Waals surface area contributed by atoms with Gasteiger partial charge in [-0.15, -0.1) is 0 Å². The van der Waals surface area contributed by atoms with E-state index in [1.54, 1.807) is 0 Å². The molecule has 1 fully saturated rings. The van der Waals surface area contributed by atoms with Gasteiger partial charge in [0.2, 0.25) is 0 Å². The average Bonchev–Trinajstić information content (AvgIpc) is 2.39. The zero-order valence-corrected chi connectivity index (χ0v) is 12.4. The van der Waals surface area contributed by atoms with E-state index < -0.39 is 0 Å². The summed E-state index contributed by atoms with van der Waals surface area (Å²) in [5, 5.41) is 3.63. The van der Waals surface area contributed by atoms with E-state index in [2.05, 4.69) is 43.2 Å². The fraction of sp³-hybridized carbons (Fsp3) is 0.688. The number of hydrogen-bond acceptors (Lipinski definition) is 3. The van der Waals surface area contributed by atoms with E-state index in [0.717, 1.165) is 37.1 Å². The van der Waals surface area contributed by atoms with Gasteiger partial charge in [0.05, 0.1) is 0 Å². The van der Waals surface area contributed by atoms with Crippen molar-refractivity contribution in [2.75, 3.05) is 19.8 Å². The molecule has 19 heavy (non-hydrogen) atoms. The molecule has 106 valence electrons. The molecule has 0 radical (unpaired) electrons. The normalized spacial score (nSPS) is 18.5. The summed E-state index contributed by atoms with van der Waals surface area (Å²) in [5.41, 5.74) is 3.62. The molecule has 2 heterocycles. The topological polar surface area (TPSA) is 34.1 Å². The van der Waals surface area contributed by atoms with Crippen LogP contribution in [0.5, 0.6) is 0 Å². The first-order valence-electron chi connectivity index (χ1n) is 7.46. The Morgan fingerprint density at radius 1 is 1.32 bits per heavy atom. The van der Waals surface area contributed by atoms with Crippen molar-refractivity contribution < 1.29 is 4.74 Å². The van der Waals surface area contributed by atoms with Gasteiger partial charge in [-0.2, -0.15) is 0 Å². The van der Waals surface area contributed by atoms with Crippen molar-refractivity contribution in [1.29, 1.82) is 0 Å². The highest BCUT2D eigenvalue weighted by Gasteiger charge is 2.21. The molecular weight excluding hydrogens is 236 g/mol. The second kappa shape index (κ2) is 7.01. The number of ether oxygens (including phenoxy) is 1. The van der Waals surface area contributed by atoms with Crippen molar-refractivity contribution in [2.24, 2.45) is 5.92 Å². The molecule has 3 heteroatoms. The summed E-state index contributed by atoms with van der Waals surface area (Å²) in [6, 6.07) is 4.79. The first-order chi connectivity index (χ1) is 9.20. The Kier molecular flexibility index (Phi) is 5.34. The Morgan fingerprint density at radius 3 is 2.68 bits per heavy atom. The Bertz CT molecular complexity index is 400. The second-order valence-electron chi connectivity index (χ2n) is 5.53. The van der Waals surface area contributed by atoms with E-state index in [-0.39, 0.29) is 0 Å². The third-order valence-electron chi connectivity index (χ3n) is 4.00. The van der Waals surface area contributed by atoms with Crippen LogP contribution in [0.25, 0.3) is 0 Å². The molecule has 1 aromatic rings. The maximum absolute atomic E-state index is 5.45. The highest BCUT2D eigenvalue weighted by atomic mass is 16.5. The summed E-state index contributed by atoms with van der Waals surface area (Å²) in [6.45, 7) is 9.20.